The highest BCUT2D eigenvalue weighted by Crippen LogP contribution is 2.26. The highest BCUT2D eigenvalue weighted by atomic mass is 32.2. The summed E-state index contributed by atoms with van der Waals surface area (Å²) >= 11 is 0. The molecule has 1 saturated carbocycles. The van der Waals surface area contributed by atoms with Gasteiger partial charge in [0.1, 0.15) is 0 Å². The zero-order valence-corrected chi connectivity index (χ0v) is 11.5. The average Bonchev–Trinajstić information content (AvgIpc) is 2.39. The van der Waals surface area contributed by atoms with Crippen LogP contribution in [0.2, 0.25) is 0 Å². The normalized spacial score (nSPS) is 21.4. The Morgan fingerprint density at radius 1 is 1.18 bits per heavy atom. The first-order valence-electron chi connectivity index (χ1n) is 6.32. The van der Waals surface area contributed by atoms with E-state index in [9.17, 15) is 13.5 Å². The third-order valence-corrected chi connectivity index (χ3v) is 4.32. The molecule has 1 aliphatic rings. The number of hydrogen-bond acceptors (Lipinski definition) is 3. The molecule has 3 N–H and O–H groups in total. The van der Waals surface area contributed by atoms with E-state index in [1.54, 1.807) is 13.8 Å². The molecular weight excluding hydrogens is 240 g/mol. The molecule has 102 valence electrons. The summed E-state index contributed by atoms with van der Waals surface area (Å²) in [6, 6.07) is -0.142. The fourth-order valence-corrected chi connectivity index (χ4v) is 3.31. The van der Waals surface area contributed by atoms with Crippen LogP contribution in [0.3, 0.4) is 0 Å². The maximum absolute atomic E-state index is 11.6. The van der Waals surface area contributed by atoms with E-state index >= 15 is 0 Å². The molecule has 0 heterocycles. The molecule has 17 heavy (non-hydrogen) atoms. The Morgan fingerprint density at radius 3 is 2.18 bits per heavy atom. The van der Waals surface area contributed by atoms with Gasteiger partial charge in [-0.15, -0.1) is 0 Å². The number of aliphatic hydroxyl groups is 1. The second-order valence-electron chi connectivity index (χ2n) is 5.24. The summed E-state index contributed by atoms with van der Waals surface area (Å²) < 4.78 is 28.0. The molecule has 0 radical (unpaired) electrons. The van der Waals surface area contributed by atoms with Crippen LogP contribution in [-0.4, -0.2) is 31.7 Å². The van der Waals surface area contributed by atoms with Crippen LogP contribution in [0.15, 0.2) is 0 Å². The van der Waals surface area contributed by atoms with Crippen molar-refractivity contribution < 1.29 is 13.5 Å². The molecule has 5 nitrogen and oxygen atoms in total. The van der Waals surface area contributed by atoms with Gasteiger partial charge in [0.05, 0.1) is 5.60 Å². The van der Waals surface area contributed by atoms with Crippen molar-refractivity contribution in [2.45, 2.75) is 64.0 Å². The molecule has 0 saturated heterocycles. The Morgan fingerprint density at radius 2 is 1.71 bits per heavy atom. The van der Waals surface area contributed by atoms with Crippen molar-refractivity contribution in [3.05, 3.63) is 0 Å². The lowest BCUT2D eigenvalue weighted by atomic mass is 9.95. The zero-order valence-electron chi connectivity index (χ0n) is 10.7. The molecule has 0 aromatic heterocycles. The summed E-state index contributed by atoms with van der Waals surface area (Å²) in [5.74, 6) is 0. The monoisotopic (exact) mass is 264 g/mol. The largest absolute Gasteiger partial charge is 0.389 e. The lowest BCUT2D eigenvalue weighted by Gasteiger charge is -2.27. The molecule has 0 spiro atoms. The molecule has 0 aromatic rings. The highest BCUT2D eigenvalue weighted by Gasteiger charge is 2.29. The summed E-state index contributed by atoms with van der Waals surface area (Å²) in [5.41, 5.74) is -0.873. The molecule has 0 amide bonds. The third kappa shape index (κ3) is 5.81. The minimum absolute atomic E-state index is 0.106. The first kappa shape index (κ1) is 14.9. The van der Waals surface area contributed by atoms with Crippen molar-refractivity contribution in [3.8, 4) is 0 Å². The smallest absolute Gasteiger partial charge is 0.277 e. The van der Waals surface area contributed by atoms with E-state index in [1.807, 2.05) is 0 Å². The van der Waals surface area contributed by atoms with E-state index in [0.29, 0.717) is 12.8 Å². The molecule has 6 heteroatoms. The van der Waals surface area contributed by atoms with Crippen molar-refractivity contribution in [2.24, 2.45) is 0 Å². The van der Waals surface area contributed by atoms with E-state index < -0.39 is 15.8 Å². The summed E-state index contributed by atoms with van der Waals surface area (Å²) in [6.45, 7) is 3.63. The van der Waals surface area contributed by atoms with Gasteiger partial charge in [0.25, 0.3) is 10.2 Å². The molecule has 0 bridgehead atoms. The number of nitrogens with one attached hydrogen (secondary N) is 2. The quantitative estimate of drug-likeness (QED) is 0.646. The standard InChI is InChI=1S/C11H24N2O3S/c1-10(2)13-17(15,16)12-9-11(14)7-5-3-4-6-8-11/h10,12-14H,3-9H2,1-2H3. The second-order valence-corrected chi connectivity index (χ2v) is 6.77. The fourth-order valence-electron chi connectivity index (χ4n) is 2.14. The molecule has 0 atom stereocenters. The van der Waals surface area contributed by atoms with Crippen molar-refractivity contribution in [3.63, 3.8) is 0 Å². The molecule has 1 aliphatic carbocycles. The van der Waals surface area contributed by atoms with Crippen LogP contribution in [-0.2, 0) is 10.2 Å². The Hall–Kier alpha value is -0.170. The topological polar surface area (TPSA) is 78.4 Å². The van der Waals surface area contributed by atoms with Gasteiger partial charge in [0.2, 0.25) is 0 Å². The second kappa shape index (κ2) is 6.13. The molecule has 1 rings (SSSR count). The van der Waals surface area contributed by atoms with Crippen molar-refractivity contribution in [1.29, 1.82) is 0 Å². The van der Waals surface area contributed by atoms with E-state index in [2.05, 4.69) is 9.44 Å². The van der Waals surface area contributed by atoms with Crippen molar-refractivity contribution >= 4 is 10.2 Å². The maximum atomic E-state index is 11.6. The van der Waals surface area contributed by atoms with Gasteiger partial charge < -0.3 is 5.11 Å². The van der Waals surface area contributed by atoms with Gasteiger partial charge in [0, 0.05) is 12.6 Å². The minimum Gasteiger partial charge on any atom is -0.389 e. The highest BCUT2D eigenvalue weighted by molar-refractivity contribution is 7.87. The average molecular weight is 264 g/mol. The number of rotatable bonds is 5. The van der Waals surface area contributed by atoms with Gasteiger partial charge in [-0.3, -0.25) is 0 Å². The molecule has 0 unspecified atom stereocenters. The van der Waals surface area contributed by atoms with Crippen molar-refractivity contribution in [2.75, 3.05) is 6.54 Å². The van der Waals surface area contributed by atoms with Crippen molar-refractivity contribution in [1.82, 2.24) is 9.44 Å². The fraction of sp³-hybridized carbons (Fsp3) is 1.00. The predicted octanol–water partition coefficient (Wildman–Crippen LogP) is 0.904. The van der Waals surface area contributed by atoms with Crippen LogP contribution in [0.4, 0.5) is 0 Å². The maximum Gasteiger partial charge on any atom is 0.277 e. The summed E-state index contributed by atoms with van der Waals surface area (Å²) in [6.07, 6.45) is 5.54. The lowest BCUT2D eigenvalue weighted by Crippen LogP contribution is -2.48. The lowest BCUT2D eigenvalue weighted by molar-refractivity contribution is 0.0302. The third-order valence-electron chi connectivity index (χ3n) is 3.02. The Kier molecular flexibility index (Phi) is 5.37. The Bertz CT molecular complexity index is 320. The summed E-state index contributed by atoms with van der Waals surface area (Å²) in [4.78, 5) is 0. The van der Waals surface area contributed by atoms with Gasteiger partial charge in [-0.1, -0.05) is 25.7 Å². The van der Waals surface area contributed by atoms with Crippen LogP contribution >= 0.6 is 0 Å². The first-order chi connectivity index (χ1) is 7.83. The van der Waals surface area contributed by atoms with Gasteiger partial charge in [0.15, 0.2) is 0 Å². The van der Waals surface area contributed by atoms with E-state index in [1.165, 1.54) is 0 Å². The molecular formula is C11H24N2O3S. The van der Waals surface area contributed by atoms with Crippen LogP contribution < -0.4 is 9.44 Å². The summed E-state index contributed by atoms with van der Waals surface area (Å²) in [7, 11) is -3.49. The number of hydrogen-bond donors (Lipinski definition) is 3. The van der Waals surface area contributed by atoms with E-state index in [0.717, 1.165) is 25.7 Å². The van der Waals surface area contributed by atoms with Gasteiger partial charge in [-0.05, 0) is 26.7 Å². The van der Waals surface area contributed by atoms with E-state index in [-0.39, 0.29) is 12.6 Å². The zero-order chi connectivity index (χ0) is 12.9. The van der Waals surface area contributed by atoms with Crippen LogP contribution in [0.5, 0.6) is 0 Å². The van der Waals surface area contributed by atoms with Crippen LogP contribution in [0.1, 0.15) is 52.4 Å². The van der Waals surface area contributed by atoms with Crippen LogP contribution in [0, 0.1) is 0 Å². The summed E-state index contributed by atoms with van der Waals surface area (Å²) in [5, 5.41) is 10.3. The molecule has 0 aromatic carbocycles. The predicted molar refractivity (Wildman–Crippen MR) is 67.8 cm³/mol. The van der Waals surface area contributed by atoms with Crippen LogP contribution in [0.25, 0.3) is 0 Å². The van der Waals surface area contributed by atoms with E-state index in [4.69, 9.17) is 0 Å². The molecule has 1 fully saturated rings. The SMILES string of the molecule is CC(C)NS(=O)(=O)NCC1(O)CCCCCC1. The Labute approximate surface area is 104 Å². The minimum atomic E-state index is -3.49. The Balaban J connectivity index is 2.48. The first-order valence-corrected chi connectivity index (χ1v) is 7.81. The van der Waals surface area contributed by atoms with Gasteiger partial charge in [-0.2, -0.15) is 17.9 Å². The van der Waals surface area contributed by atoms with Gasteiger partial charge >= 0.3 is 0 Å². The molecule has 0 aliphatic heterocycles. The van der Waals surface area contributed by atoms with Gasteiger partial charge in [-0.25, -0.2) is 0 Å².